The maximum absolute atomic E-state index is 14.1. The highest BCUT2D eigenvalue weighted by Gasteiger charge is 2.34. The molecule has 0 radical (unpaired) electrons. The highest BCUT2D eigenvalue weighted by molar-refractivity contribution is 7.22. The van der Waals surface area contributed by atoms with E-state index in [-0.39, 0.29) is 29.5 Å². The molecule has 15 heteroatoms. The molecule has 0 bridgehead atoms. The number of esters is 1. The third-order valence-electron chi connectivity index (χ3n) is 16.3. The van der Waals surface area contributed by atoms with Gasteiger partial charge in [-0.2, -0.15) is 5.10 Å². The Hall–Kier alpha value is -6.97. The Morgan fingerprint density at radius 3 is 2.40 bits per heavy atom. The van der Waals surface area contributed by atoms with E-state index in [4.69, 9.17) is 19.6 Å². The number of likely N-dealkylation sites (tertiary alicyclic amines) is 1. The molecule has 3 aromatic heterocycles. The van der Waals surface area contributed by atoms with Crippen molar-refractivity contribution < 1.29 is 28.7 Å². The SMILES string of the molecule is Cc1c(OC2CCC(CCCCN3CCC(c4cccc5c(C6CCC(=O)NC6=O)nn(C)c45)CC3)CC2)cccc1-c1ccc(N2CCc3cccc(C(=O)Nc4nc5ccccc5s4)c3C2)nc1C(=O)OC(C)(C)C. The number of fused-ring (bicyclic) bond motifs is 3. The minimum atomic E-state index is -0.730. The lowest BCUT2D eigenvalue weighted by Crippen LogP contribution is -2.39. The molecule has 2 saturated heterocycles. The topological polar surface area (TPSA) is 161 Å². The van der Waals surface area contributed by atoms with Crippen molar-refractivity contribution >= 4 is 67.1 Å². The second kappa shape index (κ2) is 22.2. The second-order valence-corrected chi connectivity index (χ2v) is 23.7. The minimum absolute atomic E-state index is 0.128. The molecule has 11 rings (SSSR count). The first-order valence-electron chi connectivity index (χ1n) is 27.8. The third-order valence-corrected chi connectivity index (χ3v) is 17.3. The number of piperidine rings is 2. The molecule has 1 aliphatic carbocycles. The van der Waals surface area contributed by atoms with E-state index in [0.717, 1.165) is 119 Å². The number of carbonyl (C=O) groups excluding carboxylic acids is 4. The van der Waals surface area contributed by atoms with Crippen LogP contribution in [0.3, 0.4) is 0 Å². The van der Waals surface area contributed by atoms with Crippen molar-refractivity contribution in [3.63, 3.8) is 0 Å². The van der Waals surface area contributed by atoms with Crippen LogP contribution in [0.25, 0.3) is 32.2 Å². The Balaban J connectivity index is 0.684. The zero-order chi connectivity index (χ0) is 53.4. The van der Waals surface area contributed by atoms with Crippen LogP contribution in [0.5, 0.6) is 5.75 Å². The minimum Gasteiger partial charge on any atom is -0.490 e. The molecule has 1 atom stereocenters. The fourth-order valence-electron chi connectivity index (χ4n) is 12.3. The molecule has 2 N–H and O–H groups in total. The molecule has 77 heavy (non-hydrogen) atoms. The van der Waals surface area contributed by atoms with Crippen molar-refractivity contribution in [3.8, 4) is 16.9 Å². The molecule has 4 aromatic carbocycles. The van der Waals surface area contributed by atoms with Crippen molar-refractivity contribution in [2.75, 3.05) is 36.4 Å². The van der Waals surface area contributed by atoms with Crippen molar-refractivity contribution in [3.05, 3.63) is 130 Å². The summed E-state index contributed by atoms with van der Waals surface area (Å²) in [5, 5.41) is 12.0. The highest BCUT2D eigenvalue weighted by Crippen LogP contribution is 2.40. The van der Waals surface area contributed by atoms with Gasteiger partial charge in [-0.15, -0.1) is 0 Å². The number of hydrogen-bond acceptors (Lipinski definition) is 12. The van der Waals surface area contributed by atoms with Crippen LogP contribution in [0.1, 0.15) is 152 Å². The summed E-state index contributed by atoms with van der Waals surface area (Å²) in [6.07, 6.45) is 11.9. The lowest BCUT2D eigenvalue weighted by Gasteiger charge is -2.33. The van der Waals surface area contributed by atoms with Gasteiger partial charge in [0.25, 0.3) is 5.91 Å². The molecule has 3 fully saturated rings. The first-order valence-corrected chi connectivity index (χ1v) is 28.6. The summed E-state index contributed by atoms with van der Waals surface area (Å²) >= 11 is 1.45. The number of rotatable bonds is 14. The van der Waals surface area contributed by atoms with Gasteiger partial charge in [-0.1, -0.05) is 78.8 Å². The number of para-hydroxylation sites is 2. The lowest BCUT2D eigenvalue weighted by atomic mass is 9.84. The molecule has 14 nitrogen and oxygen atoms in total. The fraction of sp³-hybridized carbons (Fsp3) is 0.435. The molecule has 7 aromatic rings. The van der Waals surface area contributed by atoms with E-state index in [2.05, 4.69) is 56.6 Å². The standard InChI is InChI=1S/C62H70N8O6S/c1-38-43(45-26-28-53(64-56(45)60(74)76-62(2,3)4)70-36-32-40-14-10-17-46(49(40)37-70)58(72)66-61-63-50-19-6-7-21-52(50)77-61)15-12-20-51(38)75-42-24-22-39(23-25-42)13-8-9-33-69-34-30-41(31-35-69)44-16-11-18-47-55(67-68(5)57(44)47)48-27-29-54(71)65-59(48)73/h6-7,10-12,14-21,26,28,39,41-42,48H,8-9,13,22-25,27,29-37H2,1-5H3,(H,63,66,72)(H,65,71,73). The van der Waals surface area contributed by atoms with Crippen molar-refractivity contribution in [1.29, 1.82) is 0 Å². The number of hydrogen-bond donors (Lipinski definition) is 2. The molecule has 3 aliphatic heterocycles. The first kappa shape index (κ1) is 52.1. The largest absolute Gasteiger partial charge is 0.490 e. The van der Waals surface area contributed by atoms with E-state index < -0.39 is 17.5 Å². The second-order valence-electron chi connectivity index (χ2n) is 22.7. The number of anilines is 2. The molecule has 400 valence electrons. The number of thiazole rings is 1. The normalized spacial score (nSPS) is 19.5. The number of nitrogens with zero attached hydrogens (tertiary/aromatic N) is 6. The number of aryl methyl sites for hydroxylation is 1. The third kappa shape index (κ3) is 11.4. The highest BCUT2D eigenvalue weighted by atomic mass is 32.1. The monoisotopic (exact) mass is 1050 g/mol. The number of carbonyl (C=O) groups is 4. The quantitative estimate of drug-likeness (QED) is 0.0606. The molecule has 4 aliphatic rings. The van der Waals surface area contributed by atoms with E-state index in [1.165, 1.54) is 36.2 Å². The zero-order valence-electron chi connectivity index (χ0n) is 45.0. The average Bonchev–Trinajstić information content (AvgIpc) is 4.11. The lowest BCUT2D eigenvalue weighted by molar-refractivity contribution is -0.134. The summed E-state index contributed by atoms with van der Waals surface area (Å²) in [6, 6.07) is 30.2. The van der Waals surface area contributed by atoms with Gasteiger partial charge in [-0.05, 0) is 181 Å². The number of benzene rings is 4. The van der Waals surface area contributed by atoms with Gasteiger partial charge in [0.15, 0.2) is 10.8 Å². The molecule has 1 saturated carbocycles. The smallest absolute Gasteiger partial charge is 0.358 e. The van der Waals surface area contributed by atoms with Crippen LogP contribution in [0.15, 0.2) is 91.0 Å². The van der Waals surface area contributed by atoms with Crippen LogP contribution >= 0.6 is 11.3 Å². The van der Waals surface area contributed by atoms with Crippen LogP contribution in [0, 0.1) is 12.8 Å². The Morgan fingerprint density at radius 2 is 1.61 bits per heavy atom. The van der Waals surface area contributed by atoms with Gasteiger partial charge < -0.3 is 19.3 Å². The number of aromatic nitrogens is 4. The number of nitrogens with one attached hydrogen (secondary N) is 2. The van der Waals surface area contributed by atoms with E-state index in [0.29, 0.717) is 59.8 Å². The summed E-state index contributed by atoms with van der Waals surface area (Å²) in [5.74, 6) is 1.09. The van der Waals surface area contributed by atoms with Crippen molar-refractivity contribution in [2.45, 2.75) is 135 Å². The van der Waals surface area contributed by atoms with E-state index in [1.54, 1.807) is 0 Å². The van der Waals surface area contributed by atoms with Gasteiger partial charge in [0.1, 0.15) is 17.2 Å². The van der Waals surface area contributed by atoms with E-state index in [1.807, 2.05) is 99.2 Å². The van der Waals surface area contributed by atoms with E-state index in [9.17, 15) is 19.2 Å². The van der Waals surface area contributed by atoms with Crippen LogP contribution in [0.2, 0.25) is 0 Å². The van der Waals surface area contributed by atoms with Gasteiger partial charge in [0, 0.05) is 43.1 Å². The molecule has 6 heterocycles. The average molecular weight is 1060 g/mol. The Bertz CT molecular complexity index is 3330. The number of pyridine rings is 1. The zero-order valence-corrected chi connectivity index (χ0v) is 45.8. The van der Waals surface area contributed by atoms with Gasteiger partial charge in [-0.25, -0.2) is 14.8 Å². The van der Waals surface area contributed by atoms with E-state index >= 15 is 0 Å². The summed E-state index contributed by atoms with van der Waals surface area (Å²) in [4.78, 5) is 67.0. The Morgan fingerprint density at radius 1 is 0.818 bits per heavy atom. The summed E-state index contributed by atoms with van der Waals surface area (Å²) in [5.41, 5.74) is 8.76. The number of amides is 3. The maximum atomic E-state index is 14.1. The fourth-order valence-corrected chi connectivity index (χ4v) is 13.2. The maximum Gasteiger partial charge on any atom is 0.358 e. The summed E-state index contributed by atoms with van der Waals surface area (Å²) < 4.78 is 15.8. The van der Waals surface area contributed by atoms with Gasteiger partial charge in [0.05, 0.1) is 33.4 Å². The van der Waals surface area contributed by atoms with Crippen LogP contribution < -0.4 is 20.3 Å². The summed E-state index contributed by atoms with van der Waals surface area (Å²) in [7, 11) is 1.98. The van der Waals surface area contributed by atoms with Gasteiger partial charge >= 0.3 is 5.97 Å². The van der Waals surface area contributed by atoms with Gasteiger partial charge in [-0.3, -0.25) is 29.7 Å². The van der Waals surface area contributed by atoms with Crippen LogP contribution in [-0.4, -0.2) is 86.2 Å². The number of unbranched alkanes of at least 4 members (excludes halogenated alkanes) is 1. The molecule has 3 amide bonds. The molecule has 1 unspecified atom stereocenters. The number of ether oxygens (including phenoxy) is 2. The van der Waals surface area contributed by atoms with Crippen molar-refractivity contribution in [2.24, 2.45) is 13.0 Å². The molecular weight excluding hydrogens is 985 g/mol. The predicted octanol–water partition coefficient (Wildman–Crippen LogP) is 11.8. The van der Waals surface area contributed by atoms with Crippen LogP contribution in [0.4, 0.5) is 10.9 Å². The Kier molecular flexibility index (Phi) is 15.0. The predicted molar refractivity (Wildman–Crippen MR) is 303 cm³/mol. The number of imide groups is 1. The Labute approximate surface area is 454 Å². The first-order chi connectivity index (χ1) is 37.2. The van der Waals surface area contributed by atoms with Crippen LogP contribution in [-0.2, 0) is 34.3 Å². The van der Waals surface area contributed by atoms with Gasteiger partial charge in [0.2, 0.25) is 11.8 Å². The molecule has 0 spiro atoms. The van der Waals surface area contributed by atoms with Crippen molar-refractivity contribution in [1.82, 2.24) is 30.0 Å². The molecular formula is C62H70N8O6S. The summed E-state index contributed by atoms with van der Waals surface area (Å²) in [6.45, 7) is 12.1.